The quantitative estimate of drug-likeness (QED) is 0.663. The Labute approximate surface area is 142 Å². The van der Waals surface area contributed by atoms with Crippen LogP contribution in [-0.2, 0) is 31.9 Å². The van der Waals surface area contributed by atoms with E-state index >= 15 is 0 Å². The van der Waals surface area contributed by atoms with Gasteiger partial charge in [0, 0.05) is 12.8 Å². The van der Waals surface area contributed by atoms with Crippen molar-refractivity contribution < 1.29 is 19.1 Å². The topological polar surface area (TPSA) is 52.6 Å². The molecule has 0 unspecified atom stereocenters. The van der Waals surface area contributed by atoms with Gasteiger partial charge in [-0.2, -0.15) is 0 Å². The maximum Gasteiger partial charge on any atom is 0.306 e. The predicted octanol–water partition coefficient (Wildman–Crippen LogP) is 3.34. The molecule has 0 amide bonds. The number of ether oxygens (including phenoxy) is 2. The lowest BCUT2D eigenvalue weighted by molar-refractivity contribution is -0.150. The highest BCUT2D eigenvalue weighted by Gasteiger charge is 2.09. The van der Waals surface area contributed by atoms with Gasteiger partial charge in [0.05, 0.1) is 26.1 Å². The monoisotopic (exact) mass is 326 g/mol. The summed E-state index contributed by atoms with van der Waals surface area (Å²) < 4.78 is 10.2. The number of rotatable bonds is 9. The third-order valence-electron chi connectivity index (χ3n) is 3.53. The molecule has 0 bridgehead atoms. The predicted molar refractivity (Wildman–Crippen MR) is 91.4 cm³/mol. The smallest absolute Gasteiger partial charge is 0.306 e. The number of carbonyl (C=O) groups excluding carboxylic acids is 2. The van der Waals surface area contributed by atoms with Gasteiger partial charge in [-0.25, -0.2) is 0 Å². The Bertz CT molecular complexity index is 565. The van der Waals surface area contributed by atoms with Crippen LogP contribution in [0.1, 0.15) is 24.0 Å². The van der Waals surface area contributed by atoms with Gasteiger partial charge in [0.15, 0.2) is 0 Å². The van der Waals surface area contributed by atoms with Crippen LogP contribution in [0.5, 0.6) is 0 Å². The molecule has 2 aromatic rings. The Morgan fingerprint density at radius 2 is 1.00 bits per heavy atom. The maximum atomic E-state index is 11.6. The molecule has 0 spiro atoms. The van der Waals surface area contributed by atoms with E-state index in [2.05, 4.69) is 0 Å². The number of benzene rings is 2. The molecule has 0 fully saturated rings. The van der Waals surface area contributed by atoms with Crippen LogP contribution in [0.2, 0.25) is 0 Å². The van der Waals surface area contributed by atoms with Gasteiger partial charge in [-0.1, -0.05) is 60.7 Å². The van der Waals surface area contributed by atoms with E-state index in [4.69, 9.17) is 9.47 Å². The van der Waals surface area contributed by atoms with Crippen LogP contribution >= 0.6 is 0 Å². The fourth-order valence-electron chi connectivity index (χ4n) is 2.20. The first-order valence-electron chi connectivity index (χ1n) is 8.13. The van der Waals surface area contributed by atoms with Gasteiger partial charge in [0.25, 0.3) is 0 Å². The molecule has 0 atom stereocenters. The maximum absolute atomic E-state index is 11.6. The Kier molecular flexibility index (Phi) is 7.54. The molecule has 0 aliphatic carbocycles. The first-order valence-corrected chi connectivity index (χ1v) is 8.13. The normalized spacial score (nSPS) is 10.2. The summed E-state index contributed by atoms with van der Waals surface area (Å²) in [5.41, 5.74) is 2.23. The summed E-state index contributed by atoms with van der Waals surface area (Å²) in [6.07, 6.45) is 1.46. The second-order valence-corrected chi connectivity index (χ2v) is 5.41. The van der Waals surface area contributed by atoms with Crippen LogP contribution in [0.4, 0.5) is 0 Å². The van der Waals surface area contributed by atoms with Gasteiger partial charge in [-0.05, 0) is 11.1 Å². The van der Waals surface area contributed by atoms with E-state index in [-0.39, 0.29) is 24.8 Å². The SMILES string of the molecule is O=C(CCC(=O)OCCc1ccccc1)OCCc1ccccc1. The van der Waals surface area contributed by atoms with Crippen LogP contribution in [-0.4, -0.2) is 25.2 Å². The van der Waals surface area contributed by atoms with Crippen LogP contribution < -0.4 is 0 Å². The van der Waals surface area contributed by atoms with Crippen molar-refractivity contribution in [3.63, 3.8) is 0 Å². The average molecular weight is 326 g/mol. The summed E-state index contributed by atoms with van der Waals surface area (Å²) in [5.74, 6) is -0.739. The zero-order valence-corrected chi connectivity index (χ0v) is 13.6. The highest BCUT2D eigenvalue weighted by atomic mass is 16.5. The lowest BCUT2D eigenvalue weighted by Gasteiger charge is -2.06. The molecule has 0 saturated heterocycles. The van der Waals surface area contributed by atoms with Crippen LogP contribution in [0.25, 0.3) is 0 Å². The van der Waals surface area contributed by atoms with Crippen LogP contribution in [0.3, 0.4) is 0 Å². The fourth-order valence-corrected chi connectivity index (χ4v) is 2.20. The molecule has 0 N–H and O–H groups in total. The Balaban J connectivity index is 1.53. The molecule has 2 aromatic carbocycles. The number of carbonyl (C=O) groups is 2. The Morgan fingerprint density at radius 1 is 0.625 bits per heavy atom. The van der Waals surface area contributed by atoms with Gasteiger partial charge in [0.1, 0.15) is 0 Å². The molecule has 2 rings (SSSR count). The summed E-state index contributed by atoms with van der Waals surface area (Å²) in [6.45, 7) is 0.651. The molecule has 0 radical (unpaired) electrons. The molecule has 4 nitrogen and oxygen atoms in total. The van der Waals surface area contributed by atoms with Gasteiger partial charge >= 0.3 is 11.9 Å². The first-order chi connectivity index (χ1) is 11.7. The fraction of sp³-hybridized carbons (Fsp3) is 0.300. The second kappa shape index (κ2) is 10.2. The van der Waals surface area contributed by atoms with E-state index in [1.54, 1.807) is 0 Å². The zero-order valence-electron chi connectivity index (χ0n) is 13.6. The summed E-state index contributed by atoms with van der Waals surface area (Å²) in [5, 5.41) is 0. The van der Waals surface area contributed by atoms with E-state index in [1.165, 1.54) is 0 Å². The molecular weight excluding hydrogens is 304 g/mol. The summed E-state index contributed by atoms with van der Waals surface area (Å²) >= 11 is 0. The van der Waals surface area contributed by atoms with Crippen molar-refractivity contribution >= 4 is 11.9 Å². The molecule has 4 heteroatoms. The van der Waals surface area contributed by atoms with Gasteiger partial charge in [0.2, 0.25) is 0 Å². The third kappa shape index (κ3) is 7.09. The zero-order chi connectivity index (χ0) is 17.0. The van der Waals surface area contributed by atoms with E-state index in [1.807, 2.05) is 60.7 Å². The summed E-state index contributed by atoms with van der Waals surface area (Å²) in [4.78, 5) is 23.2. The Morgan fingerprint density at radius 3 is 1.38 bits per heavy atom. The standard InChI is InChI=1S/C20H22O4/c21-19(23-15-13-17-7-3-1-4-8-17)11-12-20(22)24-16-14-18-9-5-2-6-10-18/h1-10H,11-16H2. The van der Waals surface area contributed by atoms with Crippen molar-refractivity contribution in [1.82, 2.24) is 0 Å². The van der Waals surface area contributed by atoms with Crippen molar-refractivity contribution in [2.75, 3.05) is 13.2 Å². The molecule has 0 aromatic heterocycles. The minimum Gasteiger partial charge on any atom is -0.465 e. The lowest BCUT2D eigenvalue weighted by Crippen LogP contribution is -2.12. The number of esters is 2. The first kappa shape index (κ1) is 17.7. The molecule has 24 heavy (non-hydrogen) atoms. The summed E-state index contributed by atoms with van der Waals surface area (Å²) in [6, 6.07) is 19.6. The van der Waals surface area contributed by atoms with Crippen molar-refractivity contribution in [3.05, 3.63) is 71.8 Å². The van der Waals surface area contributed by atoms with Crippen molar-refractivity contribution in [2.24, 2.45) is 0 Å². The summed E-state index contributed by atoms with van der Waals surface area (Å²) in [7, 11) is 0. The van der Waals surface area contributed by atoms with Crippen molar-refractivity contribution in [3.8, 4) is 0 Å². The number of hydrogen-bond acceptors (Lipinski definition) is 4. The van der Waals surface area contributed by atoms with Crippen LogP contribution in [0.15, 0.2) is 60.7 Å². The molecule has 0 heterocycles. The van der Waals surface area contributed by atoms with Crippen molar-refractivity contribution in [2.45, 2.75) is 25.7 Å². The molecular formula is C20H22O4. The minimum absolute atomic E-state index is 0.0545. The van der Waals surface area contributed by atoms with Crippen molar-refractivity contribution in [1.29, 1.82) is 0 Å². The second-order valence-electron chi connectivity index (χ2n) is 5.41. The number of hydrogen-bond donors (Lipinski definition) is 0. The third-order valence-corrected chi connectivity index (χ3v) is 3.53. The highest BCUT2D eigenvalue weighted by Crippen LogP contribution is 2.03. The molecule has 0 aliphatic rings. The lowest BCUT2D eigenvalue weighted by atomic mass is 10.2. The highest BCUT2D eigenvalue weighted by molar-refractivity contribution is 5.77. The van der Waals surface area contributed by atoms with Crippen LogP contribution in [0, 0.1) is 0 Å². The Hall–Kier alpha value is -2.62. The average Bonchev–Trinajstić information content (AvgIpc) is 2.62. The van der Waals surface area contributed by atoms with E-state index in [0.29, 0.717) is 26.1 Å². The molecule has 126 valence electrons. The minimum atomic E-state index is -0.369. The molecule has 0 saturated carbocycles. The largest absolute Gasteiger partial charge is 0.465 e. The van der Waals surface area contributed by atoms with Gasteiger partial charge in [-0.3, -0.25) is 9.59 Å². The van der Waals surface area contributed by atoms with Gasteiger partial charge < -0.3 is 9.47 Å². The molecule has 0 aliphatic heterocycles. The van der Waals surface area contributed by atoms with E-state index in [9.17, 15) is 9.59 Å². The van der Waals surface area contributed by atoms with E-state index < -0.39 is 0 Å². The van der Waals surface area contributed by atoms with Gasteiger partial charge in [-0.15, -0.1) is 0 Å². The van der Waals surface area contributed by atoms with E-state index in [0.717, 1.165) is 11.1 Å².